The van der Waals surface area contributed by atoms with Gasteiger partial charge in [0.1, 0.15) is 24.1 Å². The van der Waals surface area contributed by atoms with Gasteiger partial charge in [-0.3, -0.25) is 4.79 Å². The van der Waals surface area contributed by atoms with Gasteiger partial charge in [0.2, 0.25) is 5.67 Å². The molecule has 0 saturated carbocycles. The van der Waals surface area contributed by atoms with E-state index in [1.807, 2.05) is 0 Å². The standard InChI is InChI=1S/C23H22ClF4NO7/c1-35-15-5-3-11(24)9-13(15)22(25)12-4-2-10(23(26,27)28)8-14(12)29(21(22)34)7-6-16-17(30)18(31)19(32)20(33)36-16/h2-5,8-9,16-20,30-33H,6-7H2,1H3/t16?,17-,18+,19-,20-,22?/m0/s1. The minimum Gasteiger partial charge on any atom is -0.496 e. The molecule has 0 aliphatic carbocycles. The van der Waals surface area contributed by atoms with Crippen LogP contribution in [-0.4, -0.2) is 70.7 Å². The van der Waals surface area contributed by atoms with Crippen molar-refractivity contribution in [1.82, 2.24) is 0 Å². The molecule has 2 aromatic carbocycles. The van der Waals surface area contributed by atoms with Crippen LogP contribution in [0.25, 0.3) is 0 Å². The largest absolute Gasteiger partial charge is 0.496 e. The van der Waals surface area contributed by atoms with Gasteiger partial charge in [-0.1, -0.05) is 17.7 Å². The van der Waals surface area contributed by atoms with E-state index < -0.39 is 60.6 Å². The molecule has 6 atom stereocenters. The summed E-state index contributed by atoms with van der Waals surface area (Å²) in [6.07, 6.45) is -13.6. The molecule has 196 valence electrons. The fraction of sp³-hybridized carbons (Fsp3) is 0.435. The molecule has 1 saturated heterocycles. The number of fused-ring (bicyclic) bond motifs is 1. The van der Waals surface area contributed by atoms with Crippen molar-refractivity contribution in [2.75, 3.05) is 18.6 Å². The van der Waals surface area contributed by atoms with E-state index in [1.165, 1.54) is 19.2 Å². The predicted molar refractivity (Wildman–Crippen MR) is 117 cm³/mol. The zero-order valence-corrected chi connectivity index (χ0v) is 19.4. The number of nitrogens with zero attached hydrogens (tertiary/aromatic N) is 1. The Labute approximate surface area is 207 Å². The van der Waals surface area contributed by atoms with Crippen molar-refractivity contribution in [2.45, 2.75) is 49.0 Å². The van der Waals surface area contributed by atoms with Crippen LogP contribution in [-0.2, 0) is 21.4 Å². The van der Waals surface area contributed by atoms with Crippen LogP contribution in [0.5, 0.6) is 5.75 Å². The smallest absolute Gasteiger partial charge is 0.416 e. The van der Waals surface area contributed by atoms with Crippen LogP contribution in [0.1, 0.15) is 23.1 Å². The van der Waals surface area contributed by atoms with Gasteiger partial charge in [-0.15, -0.1) is 0 Å². The molecule has 1 amide bonds. The summed E-state index contributed by atoms with van der Waals surface area (Å²) in [5, 5.41) is 39.5. The number of rotatable bonds is 5. The molecule has 8 nitrogen and oxygen atoms in total. The number of amides is 1. The van der Waals surface area contributed by atoms with Crippen molar-refractivity contribution in [3.63, 3.8) is 0 Å². The second-order valence-electron chi connectivity index (χ2n) is 8.52. The summed E-state index contributed by atoms with van der Waals surface area (Å²) in [5.41, 5.74) is -5.14. The Morgan fingerprint density at radius 1 is 1.06 bits per heavy atom. The molecule has 0 aromatic heterocycles. The van der Waals surface area contributed by atoms with Gasteiger partial charge in [-0.2, -0.15) is 13.2 Å². The number of aliphatic hydroxyl groups is 4. The first kappa shape index (κ1) is 26.6. The Morgan fingerprint density at radius 3 is 2.39 bits per heavy atom. The van der Waals surface area contributed by atoms with Crippen molar-refractivity contribution in [3.8, 4) is 5.75 Å². The summed E-state index contributed by atoms with van der Waals surface area (Å²) in [6, 6.07) is 6.02. The third-order valence-electron chi connectivity index (χ3n) is 6.38. The normalized spacial score (nSPS) is 30.4. The number of hydrogen-bond donors (Lipinski definition) is 4. The number of aliphatic hydroxyl groups excluding tert-OH is 4. The minimum atomic E-state index is -4.79. The lowest BCUT2D eigenvalue weighted by atomic mass is 9.88. The van der Waals surface area contributed by atoms with Crippen molar-refractivity contribution in [2.24, 2.45) is 0 Å². The molecule has 13 heteroatoms. The Kier molecular flexibility index (Phi) is 6.97. The Morgan fingerprint density at radius 2 is 1.75 bits per heavy atom. The first-order valence-electron chi connectivity index (χ1n) is 10.7. The van der Waals surface area contributed by atoms with Crippen LogP contribution >= 0.6 is 11.6 Å². The average molecular weight is 536 g/mol. The lowest BCUT2D eigenvalue weighted by molar-refractivity contribution is -0.282. The number of ether oxygens (including phenoxy) is 2. The molecule has 0 radical (unpaired) electrons. The molecule has 36 heavy (non-hydrogen) atoms. The molecule has 2 aliphatic rings. The van der Waals surface area contributed by atoms with Crippen LogP contribution in [0.15, 0.2) is 36.4 Å². The lowest BCUT2D eigenvalue weighted by Crippen LogP contribution is -2.58. The molecular weight excluding hydrogens is 514 g/mol. The second kappa shape index (κ2) is 9.43. The van der Waals surface area contributed by atoms with Gasteiger partial charge in [0, 0.05) is 22.7 Å². The number of methoxy groups -OCH3 is 1. The van der Waals surface area contributed by atoms with Crippen molar-refractivity contribution < 1.29 is 52.3 Å². The summed E-state index contributed by atoms with van der Waals surface area (Å²) in [4.78, 5) is 14.3. The first-order valence-corrected chi connectivity index (χ1v) is 11.1. The number of anilines is 1. The Balaban J connectivity index is 1.76. The number of hydrogen-bond acceptors (Lipinski definition) is 7. The fourth-order valence-corrected chi connectivity index (χ4v) is 4.66. The number of benzene rings is 2. The summed E-state index contributed by atoms with van der Waals surface area (Å²) in [6.45, 7) is -0.459. The van der Waals surface area contributed by atoms with E-state index in [2.05, 4.69) is 0 Å². The molecule has 2 unspecified atom stereocenters. The van der Waals surface area contributed by atoms with Crippen LogP contribution in [0, 0.1) is 0 Å². The third-order valence-corrected chi connectivity index (χ3v) is 6.62. The zero-order valence-electron chi connectivity index (χ0n) is 18.6. The van der Waals surface area contributed by atoms with Crippen molar-refractivity contribution >= 4 is 23.2 Å². The highest BCUT2D eigenvalue weighted by molar-refractivity contribution is 6.30. The number of carbonyl (C=O) groups excluding carboxylic acids is 1. The Hall–Kier alpha value is -2.48. The first-order chi connectivity index (χ1) is 16.8. The van der Waals surface area contributed by atoms with E-state index in [1.54, 1.807) is 0 Å². The van der Waals surface area contributed by atoms with Crippen LogP contribution in [0.2, 0.25) is 5.02 Å². The quantitative estimate of drug-likeness (QED) is 0.433. The van der Waals surface area contributed by atoms with Gasteiger partial charge in [0.05, 0.1) is 24.5 Å². The highest BCUT2D eigenvalue weighted by Gasteiger charge is 2.55. The maximum absolute atomic E-state index is 16.7. The second-order valence-corrected chi connectivity index (χ2v) is 8.95. The predicted octanol–water partition coefficient (Wildman–Crippen LogP) is 2.12. The molecular formula is C23H22ClF4NO7. The molecule has 2 aliphatic heterocycles. The van der Waals surface area contributed by atoms with Crippen LogP contribution in [0.4, 0.5) is 23.2 Å². The molecule has 1 fully saturated rings. The van der Waals surface area contributed by atoms with E-state index in [4.69, 9.17) is 21.1 Å². The van der Waals surface area contributed by atoms with Gasteiger partial charge < -0.3 is 34.8 Å². The van der Waals surface area contributed by atoms with Gasteiger partial charge >= 0.3 is 6.18 Å². The van der Waals surface area contributed by atoms with E-state index in [0.717, 1.165) is 17.0 Å². The maximum atomic E-state index is 16.7. The number of carbonyl (C=O) groups is 1. The highest BCUT2D eigenvalue weighted by Crippen LogP contribution is 2.51. The molecule has 0 spiro atoms. The number of halogens is 5. The molecule has 4 N–H and O–H groups in total. The van der Waals surface area contributed by atoms with Gasteiger partial charge in [0.25, 0.3) is 5.91 Å². The topological polar surface area (TPSA) is 120 Å². The fourth-order valence-electron chi connectivity index (χ4n) is 4.49. The summed E-state index contributed by atoms with van der Waals surface area (Å²) >= 11 is 6.02. The highest BCUT2D eigenvalue weighted by atomic mass is 35.5. The van der Waals surface area contributed by atoms with Gasteiger partial charge in [-0.05, 0) is 36.8 Å². The van der Waals surface area contributed by atoms with Crippen LogP contribution in [0.3, 0.4) is 0 Å². The van der Waals surface area contributed by atoms with Crippen molar-refractivity contribution in [1.29, 1.82) is 0 Å². The lowest BCUT2D eigenvalue weighted by Gasteiger charge is -2.38. The molecule has 2 aromatic rings. The van der Waals surface area contributed by atoms with E-state index in [9.17, 15) is 38.4 Å². The SMILES string of the molecule is COc1ccc(Cl)cc1C1(F)C(=O)N(CCC2O[C@H](O)[C@@H](O)[C@H](O)[C@H]2O)c2cc(C(F)(F)F)ccc21. The summed E-state index contributed by atoms with van der Waals surface area (Å²) in [7, 11) is 1.23. The molecule has 0 bridgehead atoms. The van der Waals surface area contributed by atoms with Gasteiger partial charge in [-0.25, -0.2) is 4.39 Å². The number of alkyl halides is 4. The maximum Gasteiger partial charge on any atom is 0.416 e. The van der Waals surface area contributed by atoms with Gasteiger partial charge in [0.15, 0.2) is 6.29 Å². The van der Waals surface area contributed by atoms with E-state index >= 15 is 4.39 Å². The minimum absolute atomic E-state index is 0.0581. The van der Waals surface area contributed by atoms with E-state index in [0.29, 0.717) is 12.1 Å². The Bertz CT molecular complexity index is 1170. The monoisotopic (exact) mass is 535 g/mol. The van der Waals surface area contributed by atoms with E-state index in [-0.39, 0.29) is 34.0 Å². The van der Waals surface area contributed by atoms with Crippen molar-refractivity contribution in [3.05, 3.63) is 58.1 Å². The summed E-state index contributed by atoms with van der Waals surface area (Å²) in [5.74, 6) is -1.29. The summed E-state index contributed by atoms with van der Waals surface area (Å²) < 4.78 is 67.4. The molecule has 2 heterocycles. The van der Waals surface area contributed by atoms with Crippen LogP contribution < -0.4 is 9.64 Å². The zero-order chi connectivity index (χ0) is 26.6. The molecule has 4 rings (SSSR count). The third kappa shape index (κ3) is 4.31. The average Bonchev–Trinajstić information content (AvgIpc) is 3.05.